The molecule has 1 N–H and O–H groups in total. The highest BCUT2D eigenvalue weighted by atomic mass is 16.5. The highest BCUT2D eigenvalue weighted by Crippen LogP contribution is 2.30. The van der Waals surface area contributed by atoms with Crippen molar-refractivity contribution in [3.05, 3.63) is 0 Å². The number of rotatable bonds is 2. The molecule has 0 aromatic heterocycles. The summed E-state index contributed by atoms with van der Waals surface area (Å²) in [7, 11) is 1.69. The number of methoxy groups -OCH3 is 1. The Hall–Kier alpha value is -0.0800. The minimum atomic E-state index is -0.116. The third kappa shape index (κ3) is 1.70. The van der Waals surface area contributed by atoms with Crippen molar-refractivity contribution in [2.24, 2.45) is 11.8 Å². The monoisotopic (exact) mass is 144 g/mol. The molecule has 0 saturated heterocycles. The quantitative estimate of drug-likeness (QED) is 0.627. The number of aliphatic hydroxyl groups is 1. The molecule has 0 aromatic carbocycles. The summed E-state index contributed by atoms with van der Waals surface area (Å²) in [5, 5.41) is 9.41. The van der Waals surface area contributed by atoms with Crippen molar-refractivity contribution >= 4 is 0 Å². The second-order valence-corrected chi connectivity index (χ2v) is 3.36. The molecule has 60 valence electrons. The third-order valence-electron chi connectivity index (χ3n) is 2.27. The number of ether oxygens (including phenoxy) is 1. The largest absolute Gasteiger partial charge is 0.393 e. The van der Waals surface area contributed by atoms with Gasteiger partial charge in [-0.25, -0.2) is 0 Å². The molecule has 1 fully saturated rings. The first-order valence-electron chi connectivity index (χ1n) is 3.91. The Labute approximate surface area is 62.2 Å². The highest BCUT2D eigenvalue weighted by Gasteiger charge is 2.29. The van der Waals surface area contributed by atoms with Crippen LogP contribution in [0, 0.1) is 11.8 Å². The minimum absolute atomic E-state index is 0.116. The van der Waals surface area contributed by atoms with E-state index in [9.17, 15) is 5.11 Å². The van der Waals surface area contributed by atoms with Gasteiger partial charge in [-0.1, -0.05) is 6.92 Å². The fourth-order valence-corrected chi connectivity index (χ4v) is 1.77. The molecule has 0 amide bonds. The van der Waals surface area contributed by atoms with E-state index in [0.29, 0.717) is 18.4 Å². The van der Waals surface area contributed by atoms with Gasteiger partial charge in [0.05, 0.1) is 12.7 Å². The maximum atomic E-state index is 9.41. The van der Waals surface area contributed by atoms with E-state index in [1.54, 1.807) is 7.11 Å². The first-order chi connectivity index (χ1) is 4.74. The summed E-state index contributed by atoms with van der Waals surface area (Å²) in [5.41, 5.74) is 0. The van der Waals surface area contributed by atoms with Gasteiger partial charge in [0.15, 0.2) is 0 Å². The van der Waals surface area contributed by atoms with Gasteiger partial charge in [-0.2, -0.15) is 0 Å². The molecule has 0 spiro atoms. The molecule has 1 aliphatic rings. The Bertz CT molecular complexity index is 103. The molecule has 0 heterocycles. The summed E-state index contributed by atoms with van der Waals surface area (Å²) in [6.07, 6.45) is 1.96. The van der Waals surface area contributed by atoms with Gasteiger partial charge in [-0.15, -0.1) is 0 Å². The van der Waals surface area contributed by atoms with Gasteiger partial charge in [-0.3, -0.25) is 0 Å². The zero-order valence-corrected chi connectivity index (χ0v) is 6.71. The van der Waals surface area contributed by atoms with Crippen molar-refractivity contribution in [2.45, 2.75) is 25.9 Å². The van der Waals surface area contributed by atoms with E-state index in [1.807, 2.05) is 0 Å². The lowest BCUT2D eigenvalue weighted by Gasteiger charge is -2.11. The molecule has 10 heavy (non-hydrogen) atoms. The van der Waals surface area contributed by atoms with E-state index < -0.39 is 0 Å². The topological polar surface area (TPSA) is 29.5 Å². The Balaban J connectivity index is 2.31. The van der Waals surface area contributed by atoms with Crippen LogP contribution in [0.25, 0.3) is 0 Å². The average molecular weight is 144 g/mol. The molecule has 1 aliphatic carbocycles. The van der Waals surface area contributed by atoms with Crippen LogP contribution in [0.5, 0.6) is 0 Å². The Morgan fingerprint density at radius 2 is 2.20 bits per heavy atom. The molecule has 0 aliphatic heterocycles. The van der Waals surface area contributed by atoms with Crippen LogP contribution in [0.1, 0.15) is 19.8 Å². The second kappa shape index (κ2) is 3.35. The van der Waals surface area contributed by atoms with E-state index in [2.05, 4.69) is 6.92 Å². The summed E-state index contributed by atoms with van der Waals surface area (Å²) in [6, 6.07) is 0. The van der Waals surface area contributed by atoms with Gasteiger partial charge in [-0.05, 0) is 18.8 Å². The lowest BCUT2D eigenvalue weighted by atomic mass is 10.1. The van der Waals surface area contributed by atoms with Gasteiger partial charge >= 0.3 is 0 Å². The number of hydrogen-bond donors (Lipinski definition) is 1. The zero-order chi connectivity index (χ0) is 7.56. The van der Waals surface area contributed by atoms with Crippen molar-refractivity contribution in [1.29, 1.82) is 0 Å². The van der Waals surface area contributed by atoms with E-state index in [-0.39, 0.29) is 6.10 Å². The summed E-state index contributed by atoms with van der Waals surface area (Å²) >= 11 is 0. The van der Waals surface area contributed by atoms with Crippen LogP contribution in [0.3, 0.4) is 0 Å². The number of hydrogen-bond acceptors (Lipinski definition) is 2. The fraction of sp³-hybridized carbons (Fsp3) is 1.00. The van der Waals surface area contributed by atoms with Crippen LogP contribution < -0.4 is 0 Å². The average Bonchev–Trinajstić information content (AvgIpc) is 2.13. The van der Waals surface area contributed by atoms with E-state index >= 15 is 0 Å². The molecule has 1 rings (SSSR count). The predicted octanol–water partition coefficient (Wildman–Crippen LogP) is 1.04. The lowest BCUT2D eigenvalue weighted by molar-refractivity contribution is 0.0683. The van der Waals surface area contributed by atoms with Crippen LogP contribution in [0.4, 0.5) is 0 Å². The van der Waals surface area contributed by atoms with Gasteiger partial charge in [0.1, 0.15) is 0 Å². The molecular weight excluding hydrogens is 128 g/mol. The van der Waals surface area contributed by atoms with Crippen LogP contribution in [-0.2, 0) is 4.74 Å². The maximum absolute atomic E-state index is 9.41. The molecule has 0 radical (unpaired) electrons. The molecule has 3 atom stereocenters. The predicted molar refractivity (Wildman–Crippen MR) is 39.8 cm³/mol. The van der Waals surface area contributed by atoms with E-state index in [0.717, 1.165) is 12.8 Å². The fourth-order valence-electron chi connectivity index (χ4n) is 1.77. The normalized spacial score (nSPS) is 40.5. The third-order valence-corrected chi connectivity index (χ3v) is 2.27. The summed E-state index contributed by atoms with van der Waals surface area (Å²) in [5.74, 6) is 1.06. The lowest BCUT2D eigenvalue weighted by Crippen LogP contribution is -2.17. The van der Waals surface area contributed by atoms with Gasteiger partial charge in [0, 0.05) is 13.0 Å². The van der Waals surface area contributed by atoms with Crippen molar-refractivity contribution < 1.29 is 9.84 Å². The van der Waals surface area contributed by atoms with Crippen molar-refractivity contribution in [3.8, 4) is 0 Å². The molecule has 0 unspecified atom stereocenters. The maximum Gasteiger partial charge on any atom is 0.0593 e. The first kappa shape index (κ1) is 8.02. The van der Waals surface area contributed by atoms with Gasteiger partial charge in [0.2, 0.25) is 0 Å². The van der Waals surface area contributed by atoms with Crippen molar-refractivity contribution in [2.75, 3.05) is 13.7 Å². The van der Waals surface area contributed by atoms with Crippen molar-refractivity contribution in [3.63, 3.8) is 0 Å². The second-order valence-electron chi connectivity index (χ2n) is 3.36. The van der Waals surface area contributed by atoms with Gasteiger partial charge in [0.25, 0.3) is 0 Å². The Kier molecular flexibility index (Phi) is 2.69. The van der Waals surface area contributed by atoms with Crippen LogP contribution in [0.15, 0.2) is 0 Å². The van der Waals surface area contributed by atoms with E-state index in [1.165, 1.54) is 0 Å². The van der Waals surface area contributed by atoms with Gasteiger partial charge < -0.3 is 9.84 Å². The molecule has 0 bridgehead atoms. The summed E-state index contributed by atoms with van der Waals surface area (Å²) in [4.78, 5) is 0. The van der Waals surface area contributed by atoms with Crippen LogP contribution >= 0.6 is 0 Å². The smallest absolute Gasteiger partial charge is 0.0593 e. The number of aliphatic hydroxyl groups excluding tert-OH is 1. The van der Waals surface area contributed by atoms with Crippen molar-refractivity contribution in [1.82, 2.24) is 0 Å². The Morgan fingerprint density at radius 3 is 2.60 bits per heavy atom. The highest BCUT2D eigenvalue weighted by molar-refractivity contribution is 4.80. The molecule has 0 aromatic rings. The summed E-state index contributed by atoms with van der Waals surface area (Å²) in [6.45, 7) is 2.89. The molecule has 2 heteroatoms. The molecule has 2 nitrogen and oxygen atoms in total. The first-order valence-corrected chi connectivity index (χ1v) is 3.91. The van der Waals surface area contributed by atoms with Crippen LogP contribution in [0.2, 0.25) is 0 Å². The molecule has 1 saturated carbocycles. The van der Waals surface area contributed by atoms with Crippen LogP contribution in [-0.4, -0.2) is 24.9 Å². The minimum Gasteiger partial charge on any atom is -0.393 e. The standard InChI is InChI=1S/C8H16O2/c1-6-3-7(5-10-2)8(9)4-6/h6-9H,3-5H2,1-2H3/t6-,7+,8+/m1/s1. The zero-order valence-electron chi connectivity index (χ0n) is 6.71. The summed E-state index contributed by atoms with van der Waals surface area (Å²) < 4.78 is 4.98. The Morgan fingerprint density at radius 1 is 1.50 bits per heavy atom. The molecular formula is C8H16O2. The SMILES string of the molecule is COC[C@@H]1C[C@@H](C)C[C@@H]1O. The van der Waals surface area contributed by atoms with E-state index in [4.69, 9.17) is 4.74 Å².